The van der Waals surface area contributed by atoms with Crippen LogP contribution in [0, 0.1) is 0 Å². The fourth-order valence-corrected chi connectivity index (χ4v) is 1.81. The van der Waals surface area contributed by atoms with Crippen LogP contribution in [0.1, 0.15) is 22.8 Å². The quantitative estimate of drug-likeness (QED) is 0.672. The summed E-state index contributed by atoms with van der Waals surface area (Å²) in [6.07, 6.45) is 0. The molecule has 0 fully saturated rings. The average molecular weight is 307 g/mol. The maximum absolute atomic E-state index is 11.9. The maximum Gasteiger partial charge on any atom is 0.271 e. The van der Waals surface area contributed by atoms with E-state index in [4.69, 9.17) is 23.2 Å². The number of hydrazone groups is 1. The van der Waals surface area contributed by atoms with Gasteiger partial charge in [-0.3, -0.25) is 4.79 Å². The second kappa shape index (κ2) is 6.55. The van der Waals surface area contributed by atoms with Crippen molar-refractivity contribution in [2.75, 3.05) is 0 Å². The molecule has 0 aliphatic carbocycles. The Morgan fingerprint density at radius 2 is 1.35 bits per heavy atom. The van der Waals surface area contributed by atoms with Crippen LogP contribution in [0.15, 0.2) is 53.6 Å². The van der Waals surface area contributed by atoms with E-state index in [1.54, 1.807) is 36.4 Å². The fourth-order valence-electron chi connectivity index (χ4n) is 1.56. The van der Waals surface area contributed by atoms with Gasteiger partial charge in [0.1, 0.15) is 0 Å². The monoisotopic (exact) mass is 306 g/mol. The molecule has 0 bridgehead atoms. The molecule has 0 saturated carbocycles. The molecule has 0 aliphatic rings. The molecule has 0 atom stereocenters. The second-order valence-corrected chi connectivity index (χ2v) is 5.02. The molecule has 0 radical (unpaired) electrons. The first-order chi connectivity index (χ1) is 9.56. The van der Waals surface area contributed by atoms with Crippen molar-refractivity contribution < 1.29 is 4.79 Å². The highest BCUT2D eigenvalue weighted by Crippen LogP contribution is 2.11. The van der Waals surface area contributed by atoms with E-state index in [1.807, 2.05) is 19.1 Å². The molecular weight excluding hydrogens is 295 g/mol. The van der Waals surface area contributed by atoms with Gasteiger partial charge in [-0.05, 0) is 48.9 Å². The molecule has 2 aromatic carbocycles. The van der Waals surface area contributed by atoms with Crippen molar-refractivity contribution in [2.24, 2.45) is 5.10 Å². The van der Waals surface area contributed by atoms with Crippen LogP contribution in [0.4, 0.5) is 0 Å². The van der Waals surface area contributed by atoms with Crippen LogP contribution in [0.3, 0.4) is 0 Å². The zero-order valence-corrected chi connectivity index (χ0v) is 12.2. The minimum absolute atomic E-state index is 0.282. The molecule has 0 spiro atoms. The number of benzene rings is 2. The standard InChI is InChI=1S/C15H12Cl2N2O/c1-10(11-2-6-13(16)7-3-11)18-19-15(20)12-4-8-14(17)9-5-12/h2-9H,1H3,(H,19,20)/b18-10+. The van der Waals surface area contributed by atoms with E-state index in [9.17, 15) is 4.79 Å². The average Bonchev–Trinajstić information content (AvgIpc) is 2.46. The van der Waals surface area contributed by atoms with Gasteiger partial charge in [-0.1, -0.05) is 35.3 Å². The molecule has 1 amide bonds. The summed E-state index contributed by atoms with van der Waals surface area (Å²) < 4.78 is 0. The van der Waals surface area contributed by atoms with Gasteiger partial charge >= 0.3 is 0 Å². The number of nitrogens with zero attached hydrogens (tertiary/aromatic N) is 1. The van der Waals surface area contributed by atoms with Gasteiger partial charge in [0.05, 0.1) is 5.71 Å². The highest BCUT2D eigenvalue weighted by molar-refractivity contribution is 6.31. The molecule has 3 nitrogen and oxygen atoms in total. The second-order valence-electron chi connectivity index (χ2n) is 4.15. The summed E-state index contributed by atoms with van der Waals surface area (Å²) in [5.41, 5.74) is 4.60. The molecule has 102 valence electrons. The Bertz CT molecular complexity index is 634. The van der Waals surface area contributed by atoms with Crippen LogP contribution in [0.5, 0.6) is 0 Å². The van der Waals surface area contributed by atoms with E-state index in [-0.39, 0.29) is 5.91 Å². The molecule has 0 heterocycles. The van der Waals surface area contributed by atoms with Gasteiger partial charge in [-0.25, -0.2) is 5.43 Å². The largest absolute Gasteiger partial charge is 0.271 e. The molecule has 5 heteroatoms. The van der Waals surface area contributed by atoms with Gasteiger partial charge in [0.25, 0.3) is 5.91 Å². The van der Waals surface area contributed by atoms with Crippen LogP contribution >= 0.6 is 23.2 Å². The van der Waals surface area contributed by atoms with Crippen LogP contribution < -0.4 is 5.43 Å². The maximum atomic E-state index is 11.9. The summed E-state index contributed by atoms with van der Waals surface area (Å²) >= 11 is 11.6. The van der Waals surface area contributed by atoms with E-state index in [0.29, 0.717) is 21.3 Å². The summed E-state index contributed by atoms with van der Waals surface area (Å²) in [5.74, 6) is -0.282. The van der Waals surface area contributed by atoms with Gasteiger partial charge in [0, 0.05) is 15.6 Å². The number of hydrogen-bond acceptors (Lipinski definition) is 2. The number of halogens is 2. The van der Waals surface area contributed by atoms with Crippen molar-refractivity contribution in [3.05, 3.63) is 69.7 Å². The first kappa shape index (κ1) is 14.6. The highest BCUT2D eigenvalue weighted by atomic mass is 35.5. The van der Waals surface area contributed by atoms with Gasteiger partial charge in [0.2, 0.25) is 0 Å². The van der Waals surface area contributed by atoms with E-state index in [0.717, 1.165) is 5.56 Å². The van der Waals surface area contributed by atoms with Crippen LogP contribution in [-0.2, 0) is 0 Å². The van der Waals surface area contributed by atoms with Crippen molar-refractivity contribution in [3.8, 4) is 0 Å². The Morgan fingerprint density at radius 3 is 1.85 bits per heavy atom. The number of carbonyl (C=O) groups excluding carboxylic acids is 1. The lowest BCUT2D eigenvalue weighted by atomic mass is 10.1. The predicted octanol–water partition coefficient (Wildman–Crippen LogP) is 4.15. The third-order valence-electron chi connectivity index (χ3n) is 2.69. The van der Waals surface area contributed by atoms with Crippen molar-refractivity contribution in [2.45, 2.75) is 6.92 Å². The molecule has 2 aromatic rings. The van der Waals surface area contributed by atoms with Crippen molar-refractivity contribution in [1.29, 1.82) is 0 Å². The van der Waals surface area contributed by atoms with E-state index in [1.165, 1.54) is 0 Å². The Morgan fingerprint density at radius 1 is 0.900 bits per heavy atom. The minimum Gasteiger partial charge on any atom is -0.267 e. The van der Waals surface area contributed by atoms with Gasteiger partial charge in [0.15, 0.2) is 0 Å². The first-order valence-electron chi connectivity index (χ1n) is 5.92. The Balaban J connectivity index is 2.06. The summed E-state index contributed by atoms with van der Waals surface area (Å²) in [6, 6.07) is 13.8. The normalized spacial score (nSPS) is 11.2. The van der Waals surface area contributed by atoms with E-state index < -0.39 is 0 Å². The van der Waals surface area contributed by atoms with E-state index >= 15 is 0 Å². The topological polar surface area (TPSA) is 41.5 Å². The number of hydrogen-bond donors (Lipinski definition) is 1. The minimum atomic E-state index is -0.282. The summed E-state index contributed by atoms with van der Waals surface area (Å²) in [4.78, 5) is 11.9. The summed E-state index contributed by atoms with van der Waals surface area (Å²) in [7, 11) is 0. The number of amides is 1. The lowest BCUT2D eigenvalue weighted by molar-refractivity contribution is 0.0955. The number of carbonyl (C=O) groups is 1. The molecule has 20 heavy (non-hydrogen) atoms. The fraction of sp³-hybridized carbons (Fsp3) is 0.0667. The van der Waals surface area contributed by atoms with Gasteiger partial charge in [-0.2, -0.15) is 5.10 Å². The zero-order chi connectivity index (χ0) is 14.5. The number of nitrogens with one attached hydrogen (secondary N) is 1. The summed E-state index contributed by atoms with van der Waals surface area (Å²) in [6.45, 7) is 1.81. The van der Waals surface area contributed by atoms with Crippen molar-refractivity contribution in [1.82, 2.24) is 5.43 Å². The summed E-state index contributed by atoms with van der Waals surface area (Å²) in [5, 5.41) is 5.31. The van der Waals surface area contributed by atoms with Crippen LogP contribution in [0.25, 0.3) is 0 Å². The Hall–Kier alpha value is -1.84. The molecule has 0 aromatic heterocycles. The molecule has 0 aliphatic heterocycles. The SMILES string of the molecule is C/C(=N\NC(=O)c1ccc(Cl)cc1)c1ccc(Cl)cc1. The highest BCUT2D eigenvalue weighted by Gasteiger charge is 2.04. The molecule has 0 saturated heterocycles. The van der Waals surface area contributed by atoms with Crippen molar-refractivity contribution in [3.63, 3.8) is 0 Å². The zero-order valence-electron chi connectivity index (χ0n) is 10.7. The predicted molar refractivity (Wildman–Crippen MR) is 82.6 cm³/mol. The third kappa shape index (κ3) is 3.83. The molecular formula is C15H12Cl2N2O. The lowest BCUT2D eigenvalue weighted by Gasteiger charge is -2.03. The smallest absolute Gasteiger partial charge is 0.267 e. The number of rotatable bonds is 3. The van der Waals surface area contributed by atoms with Crippen LogP contribution in [-0.4, -0.2) is 11.6 Å². The van der Waals surface area contributed by atoms with Gasteiger partial charge < -0.3 is 0 Å². The molecule has 1 N–H and O–H groups in total. The Labute approximate surface area is 127 Å². The molecule has 0 unspecified atom stereocenters. The van der Waals surface area contributed by atoms with Crippen LogP contribution in [0.2, 0.25) is 10.0 Å². The third-order valence-corrected chi connectivity index (χ3v) is 3.20. The first-order valence-corrected chi connectivity index (χ1v) is 6.68. The lowest BCUT2D eigenvalue weighted by Crippen LogP contribution is -2.19. The van der Waals surface area contributed by atoms with Crippen molar-refractivity contribution >= 4 is 34.8 Å². The Kier molecular flexibility index (Phi) is 4.77. The molecule has 2 rings (SSSR count). The van der Waals surface area contributed by atoms with Gasteiger partial charge in [-0.15, -0.1) is 0 Å². The van der Waals surface area contributed by atoms with E-state index in [2.05, 4.69) is 10.5 Å².